The summed E-state index contributed by atoms with van der Waals surface area (Å²) in [5, 5.41) is 3.74. The Kier molecular flexibility index (Phi) is 3.59. The number of para-hydroxylation sites is 3. The maximum atomic E-state index is 5.90. The summed E-state index contributed by atoms with van der Waals surface area (Å²) in [7, 11) is 2.11. The Balaban J connectivity index is 1.82. The Hall–Kier alpha value is -3.85. The molecule has 0 aliphatic heterocycles. The summed E-state index contributed by atoms with van der Waals surface area (Å²) in [5.74, 6) is 0.908. The van der Waals surface area contributed by atoms with Gasteiger partial charge in [0.15, 0.2) is 0 Å². The minimum absolute atomic E-state index is 0.908. The summed E-state index contributed by atoms with van der Waals surface area (Å²) < 4.78 is 10.5. The van der Waals surface area contributed by atoms with Crippen molar-refractivity contribution in [3.63, 3.8) is 0 Å². The van der Waals surface area contributed by atoms with Gasteiger partial charge >= 0.3 is 0 Å². The van der Waals surface area contributed by atoms with E-state index in [1.807, 2.05) is 6.07 Å². The summed E-state index contributed by atoms with van der Waals surface area (Å²) in [6.07, 6.45) is 1.76. The first-order chi connectivity index (χ1) is 14.7. The molecule has 0 atom stereocenters. The zero-order chi connectivity index (χ0) is 20.2. The number of furan rings is 1. The molecule has 0 saturated heterocycles. The lowest BCUT2D eigenvalue weighted by Gasteiger charge is -2.12. The van der Waals surface area contributed by atoms with Crippen LogP contribution in [0.4, 0.5) is 0 Å². The summed E-state index contributed by atoms with van der Waals surface area (Å²) in [5.41, 5.74) is 6.94. The number of nitrogens with zero attached hydrogens (tertiary/aromatic N) is 2. The van der Waals surface area contributed by atoms with E-state index >= 15 is 0 Å². The maximum absolute atomic E-state index is 5.90. The van der Waals surface area contributed by atoms with Crippen LogP contribution >= 0.6 is 0 Å². The number of aryl methyl sites for hydroxylation is 2. The molecule has 0 unspecified atom stereocenters. The number of pyridine rings is 1. The van der Waals surface area contributed by atoms with Crippen molar-refractivity contribution in [2.45, 2.75) is 6.92 Å². The van der Waals surface area contributed by atoms with Gasteiger partial charge in [0.05, 0.1) is 28.4 Å². The summed E-state index contributed by atoms with van der Waals surface area (Å²) in [6.45, 7) is 2.09. The quantitative estimate of drug-likeness (QED) is 0.317. The van der Waals surface area contributed by atoms with Crippen LogP contribution in [-0.4, -0.2) is 4.57 Å². The van der Waals surface area contributed by atoms with Crippen molar-refractivity contribution in [2.24, 2.45) is 7.05 Å². The monoisotopic (exact) mass is 389 g/mol. The highest BCUT2D eigenvalue weighted by molar-refractivity contribution is 6.10. The molecule has 6 rings (SSSR count). The largest absolute Gasteiger partial charge is 0.458 e. The Morgan fingerprint density at radius 3 is 1.97 bits per heavy atom. The molecule has 3 aromatic carbocycles. The Morgan fingerprint density at radius 1 is 0.733 bits per heavy atom. The smallest absolute Gasteiger partial charge is 0.250 e. The van der Waals surface area contributed by atoms with Gasteiger partial charge in [0.25, 0.3) is 5.69 Å². The molecule has 6 aromatic rings. The van der Waals surface area contributed by atoms with Crippen molar-refractivity contribution < 1.29 is 8.98 Å². The minimum Gasteiger partial charge on any atom is -0.458 e. The molecule has 3 heterocycles. The molecule has 0 spiro atoms. The lowest BCUT2D eigenvalue weighted by molar-refractivity contribution is -0.634. The number of aromatic nitrogens is 2. The third-order valence-corrected chi connectivity index (χ3v) is 6.09. The molecular formula is C27H21N2O+. The second kappa shape index (κ2) is 6.33. The zero-order valence-electron chi connectivity index (χ0n) is 17.0. The Labute approximate surface area is 174 Å². The van der Waals surface area contributed by atoms with Crippen LogP contribution < -0.4 is 4.57 Å². The molecular weight excluding hydrogens is 368 g/mol. The first-order valence-corrected chi connectivity index (χ1v) is 10.2. The van der Waals surface area contributed by atoms with Crippen LogP contribution in [0, 0.1) is 6.92 Å². The van der Waals surface area contributed by atoms with E-state index in [1.54, 1.807) is 6.26 Å². The van der Waals surface area contributed by atoms with Crippen LogP contribution in [0.5, 0.6) is 0 Å². The molecule has 0 bridgehead atoms. The van der Waals surface area contributed by atoms with E-state index in [1.165, 1.54) is 32.7 Å². The third-order valence-electron chi connectivity index (χ3n) is 6.09. The Bertz CT molecular complexity index is 1520. The van der Waals surface area contributed by atoms with Crippen LogP contribution in [0.1, 0.15) is 5.56 Å². The minimum atomic E-state index is 0.908. The van der Waals surface area contributed by atoms with E-state index in [-0.39, 0.29) is 0 Å². The zero-order valence-corrected chi connectivity index (χ0v) is 17.0. The third kappa shape index (κ3) is 2.29. The number of rotatable bonds is 2. The van der Waals surface area contributed by atoms with Gasteiger partial charge in [-0.2, -0.15) is 4.57 Å². The topological polar surface area (TPSA) is 21.9 Å². The highest BCUT2D eigenvalue weighted by Gasteiger charge is 2.24. The summed E-state index contributed by atoms with van der Waals surface area (Å²) >= 11 is 0. The van der Waals surface area contributed by atoms with E-state index in [4.69, 9.17) is 4.42 Å². The van der Waals surface area contributed by atoms with Gasteiger partial charge in [-0.15, -0.1) is 0 Å². The SMILES string of the molecule is Cc1ccoc1-c1cc(-n2c3ccccc3c3ccccc32)c2ccccc2[n+]1C. The van der Waals surface area contributed by atoms with E-state index < -0.39 is 0 Å². The van der Waals surface area contributed by atoms with E-state index in [0.717, 1.165) is 22.7 Å². The second-order valence-electron chi connectivity index (χ2n) is 7.79. The van der Waals surface area contributed by atoms with E-state index in [2.05, 4.69) is 102 Å². The van der Waals surface area contributed by atoms with Crippen LogP contribution in [0.3, 0.4) is 0 Å². The van der Waals surface area contributed by atoms with Gasteiger partial charge in [-0.3, -0.25) is 0 Å². The van der Waals surface area contributed by atoms with Gasteiger partial charge in [0, 0.05) is 28.5 Å². The fourth-order valence-corrected chi connectivity index (χ4v) is 4.64. The molecule has 30 heavy (non-hydrogen) atoms. The molecule has 0 saturated carbocycles. The van der Waals surface area contributed by atoms with Crippen LogP contribution in [0.2, 0.25) is 0 Å². The molecule has 0 N–H and O–H groups in total. The van der Waals surface area contributed by atoms with Crippen LogP contribution in [-0.2, 0) is 7.05 Å². The van der Waals surface area contributed by atoms with Gasteiger partial charge in [0.2, 0.25) is 11.3 Å². The van der Waals surface area contributed by atoms with E-state index in [9.17, 15) is 0 Å². The number of fused-ring (bicyclic) bond motifs is 4. The molecule has 3 aromatic heterocycles. The predicted octanol–water partition coefficient (Wildman–Crippen LogP) is 6.33. The molecule has 0 fully saturated rings. The van der Waals surface area contributed by atoms with Crippen LogP contribution in [0.15, 0.2) is 95.6 Å². The number of hydrogen-bond donors (Lipinski definition) is 0. The average Bonchev–Trinajstić information content (AvgIpc) is 3.36. The maximum Gasteiger partial charge on any atom is 0.250 e. The first-order valence-electron chi connectivity index (χ1n) is 10.2. The fourth-order valence-electron chi connectivity index (χ4n) is 4.64. The molecule has 0 aliphatic carbocycles. The van der Waals surface area contributed by atoms with Crippen molar-refractivity contribution >= 4 is 32.7 Å². The van der Waals surface area contributed by atoms with Crippen molar-refractivity contribution in [1.29, 1.82) is 0 Å². The van der Waals surface area contributed by atoms with Crippen molar-refractivity contribution in [2.75, 3.05) is 0 Å². The van der Waals surface area contributed by atoms with Crippen LogP contribution in [0.25, 0.3) is 49.9 Å². The van der Waals surface area contributed by atoms with Gasteiger partial charge < -0.3 is 8.98 Å². The molecule has 144 valence electrons. The number of benzene rings is 3. The number of hydrogen-bond acceptors (Lipinski definition) is 1. The van der Waals surface area contributed by atoms with Crippen molar-refractivity contribution in [3.05, 3.63) is 96.8 Å². The predicted molar refractivity (Wildman–Crippen MR) is 122 cm³/mol. The molecule has 3 nitrogen and oxygen atoms in total. The fraction of sp³-hybridized carbons (Fsp3) is 0.0741. The normalized spacial score (nSPS) is 11.7. The molecule has 3 heteroatoms. The van der Waals surface area contributed by atoms with Gasteiger partial charge in [-0.1, -0.05) is 48.5 Å². The van der Waals surface area contributed by atoms with Crippen molar-refractivity contribution in [1.82, 2.24) is 4.57 Å². The van der Waals surface area contributed by atoms with Crippen molar-refractivity contribution in [3.8, 4) is 17.1 Å². The van der Waals surface area contributed by atoms with Gasteiger partial charge in [-0.05, 0) is 31.2 Å². The standard InChI is InChI=1S/C27H21N2O/c1-18-15-16-30-27(18)26-17-25(21-11-5-6-12-22(21)28(26)2)29-23-13-7-3-9-19(23)20-10-4-8-14-24(20)29/h3-17H,1-2H3/q+1. The average molecular weight is 389 g/mol. The van der Waals surface area contributed by atoms with Gasteiger partial charge in [0.1, 0.15) is 7.05 Å². The highest BCUT2D eigenvalue weighted by Crippen LogP contribution is 2.35. The molecule has 0 amide bonds. The lowest BCUT2D eigenvalue weighted by Crippen LogP contribution is -2.32. The summed E-state index contributed by atoms with van der Waals surface area (Å²) in [4.78, 5) is 0. The molecule has 0 radical (unpaired) electrons. The Morgan fingerprint density at radius 2 is 1.33 bits per heavy atom. The highest BCUT2D eigenvalue weighted by atomic mass is 16.3. The lowest BCUT2D eigenvalue weighted by atomic mass is 10.1. The summed E-state index contributed by atoms with van der Waals surface area (Å²) in [6, 6.07) is 30.1. The molecule has 0 aliphatic rings. The van der Waals surface area contributed by atoms with Gasteiger partial charge in [-0.25, -0.2) is 0 Å². The first kappa shape index (κ1) is 17.0. The van der Waals surface area contributed by atoms with E-state index in [0.29, 0.717) is 0 Å². The second-order valence-corrected chi connectivity index (χ2v) is 7.79.